The molecule has 14 heavy (non-hydrogen) atoms. The Bertz CT molecular complexity index is 252. The number of halogens is 1. The third-order valence-corrected chi connectivity index (χ3v) is 3.09. The van der Waals surface area contributed by atoms with Crippen LogP contribution >= 0.6 is 11.6 Å². The van der Waals surface area contributed by atoms with E-state index in [1.165, 1.54) is 0 Å². The Hall–Kier alpha value is -0.950. The molecule has 0 radical (unpaired) electrons. The molecule has 1 amide bonds. The summed E-state index contributed by atoms with van der Waals surface area (Å²) in [7, 11) is 0. The lowest BCUT2D eigenvalue weighted by Gasteiger charge is -2.30. The van der Waals surface area contributed by atoms with Gasteiger partial charge in [-0.3, -0.25) is 0 Å². The van der Waals surface area contributed by atoms with E-state index in [0.29, 0.717) is 18.2 Å². The van der Waals surface area contributed by atoms with Gasteiger partial charge >= 0.3 is 6.09 Å². The number of amides is 1. The van der Waals surface area contributed by atoms with E-state index in [4.69, 9.17) is 22.0 Å². The molecule has 5 heteroatoms. The van der Waals surface area contributed by atoms with E-state index in [0.717, 1.165) is 24.2 Å². The average molecular weight is 217 g/mol. The fraction of sp³-hybridized carbons (Fsp3) is 0.778. The molecule has 0 aromatic carbocycles. The first-order valence-corrected chi connectivity index (χ1v) is 5.20. The minimum absolute atomic E-state index is 0.171. The second kappa shape index (κ2) is 5.06. The summed E-state index contributed by atoms with van der Waals surface area (Å²) in [6, 6.07) is -0.171. The van der Waals surface area contributed by atoms with Crippen molar-refractivity contribution in [3.63, 3.8) is 0 Å². The lowest BCUT2D eigenvalue weighted by molar-refractivity contribution is 0.133. The van der Waals surface area contributed by atoms with Crippen molar-refractivity contribution in [1.29, 1.82) is 5.26 Å². The van der Waals surface area contributed by atoms with Gasteiger partial charge in [-0.1, -0.05) is 6.42 Å². The number of carboxylic acid groups (broad SMARTS) is 1. The van der Waals surface area contributed by atoms with Crippen molar-refractivity contribution >= 4 is 17.7 Å². The molecule has 1 N–H and O–H groups in total. The first kappa shape index (κ1) is 11.1. The summed E-state index contributed by atoms with van der Waals surface area (Å²) in [6.45, 7) is 0. The van der Waals surface area contributed by atoms with E-state index in [9.17, 15) is 4.79 Å². The van der Waals surface area contributed by atoms with Gasteiger partial charge in [0.1, 0.15) is 0 Å². The smallest absolute Gasteiger partial charge is 0.420 e. The summed E-state index contributed by atoms with van der Waals surface area (Å²) in [6.07, 6.45) is 4.02. The number of hydrogen-bond donors (Lipinski definition) is 1. The average Bonchev–Trinajstić information content (AvgIpc) is 2.19. The minimum Gasteiger partial charge on any atom is -0.464 e. The topological polar surface area (TPSA) is 64.3 Å². The van der Waals surface area contributed by atoms with Gasteiger partial charge in [-0.05, 0) is 25.2 Å². The van der Waals surface area contributed by atoms with Crippen LogP contribution < -0.4 is 0 Å². The number of nitrogens with zero attached hydrogens (tertiary/aromatic N) is 2. The Morgan fingerprint density at radius 3 is 2.86 bits per heavy atom. The van der Waals surface area contributed by atoms with Crippen LogP contribution in [0.3, 0.4) is 0 Å². The Morgan fingerprint density at radius 2 is 2.36 bits per heavy atom. The second-order valence-electron chi connectivity index (χ2n) is 3.59. The molecule has 0 aromatic rings. The van der Waals surface area contributed by atoms with E-state index in [-0.39, 0.29) is 6.04 Å². The summed E-state index contributed by atoms with van der Waals surface area (Å²) in [5, 5.41) is 17.4. The number of carbonyl (C=O) groups is 1. The Balaban J connectivity index is 2.59. The van der Waals surface area contributed by atoms with Crippen LogP contribution in [0.25, 0.3) is 0 Å². The first-order chi connectivity index (χ1) is 6.69. The highest BCUT2D eigenvalue weighted by molar-refractivity contribution is 6.18. The largest absolute Gasteiger partial charge is 0.464 e. The van der Waals surface area contributed by atoms with E-state index in [1.807, 2.05) is 0 Å². The van der Waals surface area contributed by atoms with Crippen LogP contribution in [0.5, 0.6) is 0 Å². The highest BCUT2D eigenvalue weighted by Gasteiger charge is 2.29. The zero-order valence-electron chi connectivity index (χ0n) is 7.82. The predicted molar refractivity (Wildman–Crippen MR) is 51.9 cm³/mol. The molecule has 4 nitrogen and oxygen atoms in total. The highest BCUT2D eigenvalue weighted by Crippen LogP contribution is 2.28. The van der Waals surface area contributed by atoms with Crippen LogP contribution in [-0.2, 0) is 0 Å². The lowest BCUT2D eigenvalue weighted by atomic mass is 9.86. The van der Waals surface area contributed by atoms with E-state index >= 15 is 0 Å². The summed E-state index contributed by atoms with van der Waals surface area (Å²) < 4.78 is 0. The maximum atomic E-state index is 10.7. The van der Waals surface area contributed by atoms with Gasteiger partial charge in [0.05, 0.1) is 6.04 Å². The summed E-state index contributed by atoms with van der Waals surface area (Å²) in [5.74, 6) is 0.903. The molecule has 0 aliphatic heterocycles. The van der Waals surface area contributed by atoms with Crippen molar-refractivity contribution < 1.29 is 9.90 Å². The van der Waals surface area contributed by atoms with Crippen LogP contribution in [-0.4, -0.2) is 28.0 Å². The van der Waals surface area contributed by atoms with Gasteiger partial charge in [0.25, 0.3) is 0 Å². The van der Waals surface area contributed by atoms with Gasteiger partial charge in [0.2, 0.25) is 0 Å². The fourth-order valence-corrected chi connectivity index (χ4v) is 2.20. The van der Waals surface area contributed by atoms with E-state index < -0.39 is 6.09 Å². The fourth-order valence-electron chi connectivity index (χ4n) is 1.92. The molecular formula is C9H13ClN2O2. The van der Waals surface area contributed by atoms with Gasteiger partial charge in [-0.25, -0.2) is 9.69 Å². The summed E-state index contributed by atoms with van der Waals surface area (Å²) in [4.78, 5) is 11.5. The molecule has 1 aliphatic carbocycles. The van der Waals surface area contributed by atoms with Gasteiger partial charge in [0, 0.05) is 5.88 Å². The van der Waals surface area contributed by atoms with E-state index in [2.05, 4.69) is 0 Å². The third-order valence-electron chi connectivity index (χ3n) is 2.65. The number of nitriles is 1. The zero-order valence-corrected chi connectivity index (χ0v) is 8.57. The Kier molecular flexibility index (Phi) is 4.02. The molecule has 0 aromatic heterocycles. The third kappa shape index (κ3) is 2.52. The lowest BCUT2D eigenvalue weighted by Crippen LogP contribution is -2.39. The van der Waals surface area contributed by atoms with Crippen molar-refractivity contribution in [2.45, 2.75) is 31.7 Å². The standard InChI is InChI=1S/C9H13ClN2O2/c10-5-7-2-1-3-8(4-7)12(6-11)9(13)14/h7-8H,1-5H2,(H,13,14). The molecular weight excluding hydrogens is 204 g/mol. The SMILES string of the molecule is N#CN(C(=O)O)C1CCCC(CCl)C1. The molecule has 2 atom stereocenters. The van der Waals surface area contributed by atoms with Gasteiger partial charge in [-0.15, -0.1) is 11.6 Å². The highest BCUT2D eigenvalue weighted by atomic mass is 35.5. The molecule has 1 saturated carbocycles. The van der Waals surface area contributed by atoms with Crippen LogP contribution in [0.4, 0.5) is 4.79 Å². The molecule has 0 bridgehead atoms. The predicted octanol–water partition coefficient (Wildman–Crippen LogP) is 2.25. The molecule has 0 spiro atoms. The van der Waals surface area contributed by atoms with Gasteiger partial charge < -0.3 is 5.11 Å². The molecule has 2 unspecified atom stereocenters. The number of hydrogen-bond acceptors (Lipinski definition) is 2. The zero-order chi connectivity index (χ0) is 10.6. The molecule has 0 heterocycles. The monoisotopic (exact) mass is 216 g/mol. The van der Waals surface area contributed by atoms with Crippen LogP contribution in [0.1, 0.15) is 25.7 Å². The maximum absolute atomic E-state index is 10.7. The van der Waals surface area contributed by atoms with Crippen molar-refractivity contribution in [3.05, 3.63) is 0 Å². The second-order valence-corrected chi connectivity index (χ2v) is 3.90. The van der Waals surface area contributed by atoms with Crippen LogP contribution in [0, 0.1) is 17.4 Å². The van der Waals surface area contributed by atoms with E-state index in [1.54, 1.807) is 6.19 Å². The first-order valence-electron chi connectivity index (χ1n) is 4.67. The minimum atomic E-state index is -1.16. The molecule has 1 aliphatic rings. The van der Waals surface area contributed by atoms with Crippen molar-refractivity contribution in [2.75, 3.05) is 5.88 Å². The van der Waals surface area contributed by atoms with Crippen molar-refractivity contribution in [3.8, 4) is 6.19 Å². The number of rotatable bonds is 2. The van der Waals surface area contributed by atoms with Crippen molar-refractivity contribution in [2.24, 2.45) is 5.92 Å². The summed E-state index contributed by atoms with van der Waals surface area (Å²) in [5.41, 5.74) is 0. The van der Waals surface area contributed by atoms with Gasteiger partial charge in [-0.2, -0.15) is 5.26 Å². The quantitative estimate of drug-likeness (QED) is 0.437. The van der Waals surface area contributed by atoms with Gasteiger partial charge in [0.15, 0.2) is 6.19 Å². The van der Waals surface area contributed by atoms with Crippen molar-refractivity contribution in [1.82, 2.24) is 4.90 Å². The summed E-state index contributed by atoms with van der Waals surface area (Å²) >= 11 is 5.72. The molecule has 78 valence electrons. The molecule has 1 fully saturated rings. The van der Waals surface area contributed by atoms with Crippen LogP contribution in [0.2, 0.25) is 0 Å². The Morgan fingerprint density at radius 1 is 1.64 bits per heavy atom. The Labute approximate surface area is 88.1 Å². The molecule has 0 saturated heterocycles. The normalized spacial score (nSPS) is 26.6. The maximum Gasteiger partial charge on any atom is 0.420 e. The van der Waals surface area contributed by atoms with Crippen LogP contribution in [0.15, 0.2) is 0 Å². The number of alkyl halides is 1. The molecule has 1 rings (SSSR count).